The van der Waals surface area contributed by atoms with Crippen LogP contribution in [0.4, 0.5) is 0 Å². The van der Waals surface area contributed by atoms with Crippen LogP contribution in [-0.4, -0.2) is 19.5 Å². The molecule has 3 heteroatoms. The van der Waals surface area contributed by atoms with Crippen molar-refractivity contribution in [1.82, 2.24) is 0 Å². The number of hydrogen-bond donors (Lipinski definition) is 0. The van der Waals surface area contributed by atoms with Crippen LogP contribution in [0, 0.1) is 0 Å². The van der Waals surface area contributed by atoms with Crippen LogP contribution < -0.4 is 9.47 Å². The van der Waals surface area contributed by atoms with Crippen molar-refractivity contribution in [2.45, 2.75) is 19.3 Å². The van der Waals surface area contributed by atoms with E-state index < -0.39 is 0 Å². The molecule has 2 aromatic rings. The van der Waals surface area contributed by atoms with Crippen LogP contribution in [0.1, 0.15) is 35.3 Å². The zero-order valence-corrected chi connectivity index (χ0v) is 12.5. The van der Waals surface area contributed by atoms with Gasteiger partial charge in [0.2, 0.25) is 0 Å². The first-order valence-electron chi connectivity index (χ1n) is 6.98. The van der Waals surface area contributed by atoms with Crippen molar-refractivity contribution in [3.8, 4) is 11.5 Å². The second kappa shape index (κ2) is 4.92. The summed E-state index contributed by atoms with van der Waals surface area (Å²) in [4.78, 5) is 12.7. The Morgan fingerprint density at radius 1 is 1.19 bits per heavy atom. The van der Waals surface area contributed by atoms with Gasteiger partial charge in [-0.05, 0) is 30.3 Å². The minimum atomic E-state index is -0.0631. The zero-order valence-electron chi connectivity index (χ0n) is 12.5. The molecule has 3 nitrogen and oxygen atoms in total. The molecule has 0 spiro atoms. The van der Waals surface area contributed by atoms with Gasteiger partial charge < -0.3 is 9.47 Å². The highest BCUT2D eigenvalue weighted by Crippen LogP contribution is 2.39. The third kappa shape index (κ3) is 2.29. The van der Waals surface area contributed by atoms with E-state index in [4.69, 9.17) is 9.47 Å². The Kier molecular flexibility index (Phi) is 3.20. The summed E-state index contributed by atoms with van der Waals surface area (Å²) in [6.45, 7) is 4.89. The van der Waals surface area contributed by atoms with Gasteiger partial charge in [0, 0.05) is 16.5 Å². The normalized spacial score (nSPS) is 15.2. The van der Waals surface area contributed by atoms with Crippen molar-refractivity contribution in [2.24, 2.45) is 0 Å². The molecule has 0 amide bonds. The Morgan fingerprint density at radius 2 is 1.95 bits per heavy atom. The molecule has 0 bridgehead atoms. The van der Waals surface area contributed by atoms with Gasteiger partial charge in [-0.2, -0.15) is 0 Å². The summed E-state index contributed by atoms with van der Waals surface area (Å²) in [5.41, 5.74) is 2.27. The predicted molar refractivity (Wildman–Crippen MR) is 81.4 cm³/mol. The fourth-order valence-electron chi connectivity index (χ4n) is 2.65. The molecule has 0 aromatic heterocycles. The number of carbonyl (C=O) groups is 1. The zero-order chi connectivity index (χ0) is 15.0. The molecule has 0 radical (unpaired) electrons. The number of rotatable bonds is 3. The quantitative estimate of drug-likeness (QED) is 0.807. The fourth-order valence-corrected chi connectivity index (χ4v) is 2.65. The van der Waals surface area contributed by atoms with Gasteiger partial charge in [-0.15, -0.1) is 0 Å². The van der Waals surface area contributed by atoms with Gasteiger partial charge >= 0.3 is 0 Å². The van der Waals surface area contributed by atoms with Gasteiger partial charge in [0.25, 0.3) is 0 Å². The molecule has 0 aliphatic carbocycles. The molecule has 1 heterocycles. The molecule has 0 fully saturated rings. The van der Waals surface area contributed by atoms with Crippen molar-refractivity contribution in [2.75, 3.05) is 13.7 Å². The van der Waals surface area contributed by atoms with Crippen molar-refractivity contribution in [3.05, 3.63) is 59.2 Å². The molecule has 21 heavy (non-hydrogen) atoms. The Hall–Kier alpha value is -2.29. The Morgan fingerprint density at radius 3 is 2.71 bits per heavy atom. The summed E-state index contributed by atoms with van der Waals surface area (Å²) < 4.78 is 10.9. The lowest BCUT2D eigenvalue weighted by Gasteiger charge is -2.16. The van der Waals surface area contributed by atoms with Gasteiger partial charge in [0.15, 0.2) is 5.78 Å². The molecule has 1 aliphatic rings. The summed E-state index contributed by atoms with van der Waals surface area (Å²) in [5, 5.41) is 0. The lowest BCUT2D eigenvalue weighted by Crippen LogP contribution is -2.18. The standard InChI is InChI=1S/C18H18O3/c1-18(2)11-21-16-9-8-12(10-14(16)18)17(19)13-6-4-5-7-15(13)20-3/h4-10H,11H2,1-3H3. The second-order valence-electron chi connectivity index (χ2n) is 5.91. The molecule has 0 unspecified atom stereocenters. The molecule has 3 rings (SSSR count). The molecule has 1 aliphatic heterocycles. The maximum atomic E-state index is 12.7. The first kappa shape index (κ1) is 13.7. The van der Waals surface area contributed by atoms with Gasteiger partial charge in [-0.3, -0.25) is 4.79 Å². The van der Waals surface area contributed by atoms with E-state index in [2.05, 4.69) is 13.8 Å². The van der Waals surface area contributed by atoms with E-state index in [1.54, 1.807) is 19.2 Å². The highest BCUT2D eigenvalue weighted by Gasteiger charge is 2.32. The van der Waals surface area contributed by atoms with Crippen LogP contribution in [-0.2, 0) is 5.41 Å². The van der Waals surface area contributed by atoms with Gasteiger partial charge in [-0.1, -0.05) is 26.0 Å². The number of ketones is 1. The topological polar surface area (TPSA) is 35.5 Å². The molecular weight excluding hydrogens is 264 g/mol. The Labute approximate surface area is 124 Å². The van der Waals surface area contributed by atoms with Gasteiger partial charge in [0.1, 0.15) is 11.5 Å². The Balaban J connectivity index is 2.04. The molecular formula is C18H18O3. The minimum Gasteiger partial charge on any atom is -0.496 e. The highest BCUT2D eigenvalue weighted by atomic mass is 16.5. The van der Waals surface area contributed by atoms with Crippen LogP contribution in [0.25, 0.3) is 0 Å². The second-order valence-corrected chi connectivity index (χ2v) is 5.91. The number of ether oxygens (including phenoxy) is 2. The third-order valence-corrected chi connectivity index (χ3v) is 3.91. The highest BCUT2D eigenvalue weighted by molar-refractivity contribution is 6.10. The average molecular weight is 282 g/mol. The monoisotopic (exact) mass is 282 g/mol. The third-order valence-electron chi connectivity index (χ3n) is 3.91. The summed E-state index contributed by atoms with van der Waals surface area (Å²) >= 11 is 0. The first-order chi connectivity index (χ1) is 10.0. The van der Waals surface area contributed by atoms with E-state index in [1.807, 2.05) is 30.3 Å². The smallest absolute Gasteiger partial charge is 0.196 e. The maximum Gasteiger partial charge on any atom is 0.196 e. The molecule has 0 atom stereocenters. The Bertz CT molecular complexity index is 701. The number of para-hydroxylation sites is 1. The first-order valence-corrected chi connectivity index (χ1v) is 6.98. The number of benzene rings is 2. The summed E-state index contributed by atoms with van der Waals surface area (Å²) in [6, 6.07) is 12.9. The van der Waals surface area contributed by atoms with E-state index in [1.165, 1.54) is 0 Å². The summed E-state index contributed by atoms with van der Waals surface area (Å²) in [7, 11) is 1.58. The van der Waals surface area contributed by atoms with Crippen LogP contribution in [0.15, 0.2) is 42.5 Å². The molecule has 0 N–H and O–H groups in total. The van der Waals surface area contributed by atoms with E-state index in [0.717, 1.165) is 11.3 Å². The maximum absolute atomic E-state index is 12.7. The van der Waals surface area contributed by atoms with Crippen molar-refractivity contribution in [1.29, 1.82) is 0 Å². The van der Waals surface area contributed by atoms with Gasteiger partial charge in [0.05, 0.1) is 19.3 Å². The van der Waals surface area contributed by atoms with E-state index >= 15 is 0 Å². The molecule has 0 saturated carbocycles. The molecule has 108 valence electrons. The fraction of sp³-hybridized carbons (Fsp3) is 0.278. The van der Waals surface area contributed by atoms with Crippen molar-refractivity contribution >= 4 is 5.78 Å². The van der Waals surface area contributed by atoms with Gasteiger partial charge in [-0.25, -0.2) is 0 Å². The van der Waals surface area contributed by atoms with Crippen LogP contribution in [0.5, 0.6) is 11.5 Å². The van der Waals surface area contributed by atoms with E-state index in [9.17, 15) is 4.79 Å². The van der Waals surface area contributed by atoms with E-state index in [-0.39, 0.29) is 11.2 Å². The summed E-state index contributed by atoms with van der Waals surface area (Å²) in [5.74, 6) is 1.44. The largest absolute Gasteiger partial charge is 0.496 e. The van der Waals surface area contributed by atoms with Crippen molar-refractivity contribution < 1.29 is 14.3 Å². The van der Waals surface area contributed by atoms with Crippen LogP contribution >= 0.6 is 0 Å². The van der Waals surface area contributed by atoms with E-state index in [0.29, 0.717) is 23.5 Å². The van der Waals surface area contributed by atoms with Crippen LogP contribution in [0.3, 0.4) is 0 Å². The van der Waals surface area contributed by atoms with Crippen LogP contribution in [0.2, 0.25) is 0 Å². The average Bonchev–Trinajstić information content (AvgIpc) is 2.81. The summed E-state index contributed by atoms with van der Waals surface area (Å²) in [6.07, 6.45) is 0. The number of carbonyl (C=O) groups excluding carboxylic acids is 1. The molecule has 2 aromatic carbocycles. The predicted octanol–water partition coefficient (Wildman–Crippen LogP) is 3.60. The lowest BCUT2D eigenvalue weighted by molar-refractivity contribution is 0.103. The number of fused-ring (bicyclic) bond motifs is 1. The minimum absolute atomic E-state index is 0.0297. The SMILES string of the molecule is COc1ccccc1C(=O)c1ccc2c(c1)C(C)(C)CO2. The van der Waals surface area contributed by atoms with Crippen molar-refractivity contribution in [3.63, 3.8) is 0 Å². The number of methoxy groups -OCH3 is 1. The molecule has 0 saturated heterocycles. The lowest BCUT2D eigenvalue weighted by atomic mass is 9.85. The number of hydrogen-bond acceptors (Lipinski definition) is 3.